The molecule has 34 heavy (non-hydrogen) atoms. The van der Waals surface area contributed by atoms with Gasteiger partial charge >= 0.3 is 6.09 Å². The highest BCUT2D eigenvalue weighted by Gasteiger charge is 2.44. The van der Waals surface area contributed by atoms with Crippen molar-refractivity contribution in [2.45, 2.75) is 75.6 Å². The topological polar surface area (TPSA) is 107 Å². The number of halogens is 2. The predicted octanol–water partition coefficient (Wildman–Crippen LogP) is 2.70. The lowest BCUT2D eigenvalue weighted by Crippen LogP contribution is -2.50. The molecule has 3 atom stereocenters. The molecule has 3 aliphatic heterocycles. The number of rotatable bonds is 2. The Balaban J connectivity index is 1.55. The molecule has 1 aliphatic carbocycles. The summed E-state index contributed by atoms with van der Waals surface area (Å²) < 4.78 is 72.0. The van der Waals surface area contributed by atoms with Crippen molar-refractivity contribution in [1.82, 2.24) is 14.6 Å². The molecule has 5 rings (SSSR count). The first-order chi connectivity index (χ1) is 16.1. The molecule has 0 radical (unpaired) electrons. The minimum Gasteiger partial charge on any atom is -0.475 e. The van der Waals surface area contributed by atoms with Gasteiger partial charge in [-0.3, -0.25) is 4.90 Å². The number of nitrogens with zero attached hydrogens (tertiary/aromatic N) is 2. The summed E-state index contributed by atoms with van der Waals surface area (Å²) in [5.41, 5.74) is 0.193. The number of ether oxygens (including phenoxy) is 3. The Morgan fingerprint density at radius 1 is 1.12 bits per heavy atom. The molecule has 1 unspecified atom stereocenters. The summed E-state index contributed by atoms with van der Waals surface area (Å²) in [5, 5.41) is 0. The SMILES string of the molecule is C[C@@H]1C[C@H](NS(C)(=O)=O)C2COC3CCC(CC3)c3nc(c(F)cc3F)OCCCOC(=O)N21. The third-order valence-corrected chi connectivity index (χ3v) is 7.44. The molecule has 4 heterocycles. The van der Waals surface area contributed by atoms with Crippen LogP contribution in [0.1, 0.15) is 57.1 Å². The Bertz CT molecular complexity index is 1000. The average molecular weight is 504 g/mol. The molecule has 1 saturated carbocycles. The number of hydrogen-bond donors (Lipinski definition) is 1. The van der Waals surface area contributed by atoms with Crippen LogP contribution in [0.25, 0.3) is 0 Å². The zero-order valence-corrected chi connectivity index (χ0v) is 20.2. The largest absolute Gasteiger partial charge is 0.475 e. The van der Waals surface area contributed by atoms with Crippen molar-refractivity contribution in [2.75, 3.05) is 26.1 Å². The first-order valence-corrected chi connectivity index (χ1v) is 13.5. The van der Waals surface area contributed by atoms with Crippen molar-refractivity contribution in [2.24, 2.45) is 0 Å². The maximum atomic E-state index is 14.5. The third-order valence-electron chi connectivity index (χ3n) is 6.71. The maximum absolute atomic E-state index is 14.5. The normalized spacial score (nSPS) is 30.9. The highest BCUT2D eigenvalue weighted by atomic mass is 32.2. The number of aromatic nitrogens is 1. The molecule has 9 nitrogen and oxygen atoms in total. The molecular weight excluding hydrogens is 472 g/mol. The van der Waals surface area contributed by atoms with Crippen LogP contribution in [-0.2, 0) is 19.5 Å². The lowest BCUT2D eigenvalue weighted by molar-refractivity contribution is -0.0108. The van der Waals surface area contributed by atoms with Crippen molar-refractivity contribution in [3.05, 3.63) is 23.4 Å². The summed E-state index contributed by atoms with van der Waals surface area (Å²) in [6.07, 6.45) is 3.59. The summed E-state index contributed by atoms with van der Waals surface area (Å²) in [4.78, 5) is 18.5. The fraction of sp³-hybridized carbons (Fsp3) is 0.727. The van der Waals surface area contributed by atoms with Crippen LogP contribution in [-0.4, -0.2) is 74.7 Å². The number of fused-ring (bicyclic) bond motifs is 8. The second-order valence-corrected chi connectivity index (χ2v) is 11.1. The van der Waals surface area contributed by atoms with Crippen LogP contribution in [0.3, 0.4) is 0 Å². The Hall–Kier alpha value is -2.05. The van der Waals surface area contributed by atoms with Crippen LogP contribution in [0.2, 0.25) is 0 Å². The van der Waals surface area contributed by atoms with Gasteiger partial charge < -0.3 is 14.2 Å². The van der Waals surface area contributed by atoms with Gasteiger partial charge in [-0.25, -0.2) is 31.7 Å². The highest BCUT2D eigenvalue weighted by molar-refractivity contribution is 7.88. The smallest absolute Gasteiger partial charge is 0.410 e. The maximum Gasteiger partial charge on any atom is 0.410 e. The Morgan fingerprint density at radius 3 is 2.53 bits per heavy atom. The number of sulfonamides is 1. The van der Waals surface area contributed by atoms with Gasteiger partial charge in [-0.1, -0.05) is 0 Å². The first kappa shape index (κ1) is 25.1. The summed E-state index contributed by atoms with van der Waals surface area (Å²) in [6, 6.07) is -0.469. The van der Waals surface area contributed by atoms with E-state index in [4.69, 9.17) is 14.2 Å². The average Bonchev–Trinajstić information content (AvgIpc) is 3.06. The second-order valence-electron chi connectivity index (χ2n) is 9.32. The molecule has 0 spiro atoms. The van der Waals surface area contributed by atoms with Gasteiger partial charge in [0, 0.05) is 30.5 Å². The van der Waals surface area contributed by atoms with Crippen molar-refractivity contribution in [3.8, 4) is 5.88 Å². The lowest BCUT2D eigenvalue weighted by atomic mass is 9.84. The molecule has 0 aromatic carbocycles. The lowest BCUT2D eigenvalue weighted by Gasteiger charge is -2.33. The van der Waals surface area contributed by atoms with E-state index in [0.29, 0.717) is 32.1 Å². The summed E-state index contributed by atoms with van der Waals surface area (Å²) >= 11 is 0. The van der Waals surface area contributed by atoms with Crippen molar-refractivity contribution < 1.29 is 36.2 Å². The van der Waals surface area contributed by atoms with E-state index in [1.165, 1.54) is 4.90 Å². The van der Waals surface area contributed by atoms with Crippen LogP contribution in [0, 0.1) is 11.6 Å². The fourth-order valence-corrected chi connectivity index (χ4v) is 5.93. The molecule has 1 N–H and O–H groups in total. The molecule has 2 fully saturated rings. The van der Waals surface area contributed by atoms with Gasteiger partial charge in [0.15, 0.2) is 5.82 Å². The van der Waals surface area contributed by atoms with Crippen LogP contribution in [0.15, 0.2) is 6.07 Å². The van der Waals surface area contributed by atoms with Crippen molar-refractivity contribution in [3.63, 3.8) is 0 Å². The molecule has 1 amide bonds. The van der Waals surface area contributed by atoms with Crippen molar-refractivity contribution >= 4 is 16.1 Å². The second kappa shape index (κ2) is 10.3. The number of carbonyl (C=O) groups excluding carboxylic acids is 1. The number of pyridine rings is 1. The summed E-state index contributed by atoms with van der Waals surface area (Å²) in [5.74, 6) is -1.99. The highest BCUT2D eigenvalue weighted by Crippen LogP contribution is 2.36. The Kier molecular flexibility index (Phi) is 7.58. The summed E-state index contributed by atoms with van der Waals surface area (Å²) in [6.45, 7) is 2.04. The van der Waals surface area contributed by atoms with Gasteiger partial charge in [0.2, 0.25) is 10.0 Å². The number of amides is 1. The van der Waals surface area contributed by atoms with Crippen LogP contribution in [0.4, 0.5) is 13.6 Å². The van der Waals surface area contributed by atoms with Gasteiger partial charge in [0.05, 0.1) is 43.9 Å². The molecule has 1 saturated heterocycles. The molecule has 4 aliphatic rings. The molecule has 4 bridgehead atoms. The van der Waals surface area contributed by atoms with E-state index in [1.54, 1.807) is 0 Å². The van der Waals surface area contributed by atoms with Gasteiger partial charge in [-0.15, -0.1) is 0 Å². The standard InChI is InChI=1S/C22H31F2N3O6S/c1-13-10-18(26-34(2,29)30)19-12-33-15-6-4-14(5-7-15)20-16(23)11-17(24)21(25-20)31-8-3-9-32-22(28)27(13)19/h11,13-15,18-19,26H,3-10,12H2,1-2H3/t13-,14?,15?,18+,19?/m1/s1. The molecule has 1 aromatic rings. The van der Waals surface area contributed by atoms with E-state index in [1.807, 2.05) is 6.92 Å². The zero-order valence-electron chi connectivity index (χ0n) is 19.3. The van der Waals surface area contributed by atoms with Crippen LogP contribution < -0.4 is 9.46 Å². The minimum absolute atomic E-state index is 0.0146. The van der Waals surface area contributed by atoms with E-state index >= 15 is 0 Å². The van der Waals surface area contributed by atoms with Gasteiger partial charge in [-0.2, -0.15) is 0 Å². The van der Waals surface area contributed by atoms with Crippen LogP contribution in [0.5, 0.6) is 5.88 Å². The fourth-order valence-electron chi connectivity index (χ4n) is 5.12. The molecular formula is C22H31F2N3O6S. The van der Waals surface area contributed by atoms with E-state index < -0.39 is 39.8 Å². The first-order valence-electron chi connectivity index (χ1n) is 11.6. The zero-order chi connectivity index (χ0) is 24.5. The Labute approximate surface area is 198 Å². The Morgan fingerprint density at radius 2 is 1.82 bits per heavy atom. The third kappa shape index (κ3) is 5.77. The van der Waals surface area contributed by atoms with E-state index in [-0.39, 0.29) is 55.9 Å². The summed E-state index contributed by atoms with van der Waals surface area (Å²) in [7, 11) is -3.49. The van der Waals surface area contributed by atoms with E-state index in [0.717, 1.165) is 12.3 Å². The number of nitrogens with one attached hydrogen (secondary N) is 1. The molecule has 1 aromatic heterocycles. The predicted molar refractivity (Wildman–Crippen MR) is 118 cm³/mol. The molecule has 12 heteroatoms. The van der Waals surface area contributed by atoms with Gasteiger partial charge in [0.1, 0.15) is 5.82 Å². The monoisotopic (exact) mass is 503 g/mol. The van der Waals surface area contributed by atoms with Crippen molar-refractivity contribution in [1.29, 1.82) is 0 Å². The number of carbonyl (C=O) groups is 1. The van der Waals surface area contributed by atoms with Crippen LogP contribution >= 0.6 is 0 Å². The number of hydrogen-bond acceptors (Lipinski definition) is 7. The quantitative estimate of drug-likeness (QED) is 0.661. The van der Waals surface area contributed by atoms with E-state index in [2.05, 4.69) is 9.71 Å². The minimum atomic E-state index is -3.49. The van der Waals surface area contributed by atoms with Gasteiger partial charge in [0.25, 0.3) is 5.88 Å². The molecule has 190 valence electrons. The van der Waals surface area contributed by atoms with E-state index in [9.17, 15) is 22.0 Å². The van der Waals surface area contributed by atoms with Gasteiger partial charge in [-0.05, 0) is 39.0 Å².